The van der Waals surface area contributed by atoms with Crippen molar-refractivity contribution >= 4 is 5.78 Å². The summed E-state index contributed by atoms with van der Waals surface area (Å²) in [6.45, 7) is 0. The van der Waals surface area contributed by atoms with Crippen molar-refractivity contribution in [2.24, 2.45) is 5.92 Å². The molecule has 1 atom stereocenters. The summed E-state index contributed by atoms with van der Waals surface area (Å²) in [6, 6.07) is 5.87. The largest absolute Gasteiger partial charge is 0.299 e. The maximum absolute atomic E-state index is 11.4. The highest BCUT2D eigenvalue weighted by Crippen LogP contribution is 2.24. The van der Waals surface area contributed by atoms with Gasteiger partial charge in [0.1, 0.15) is 5.78 Å². The quantitative estimate of drug-likeness (QED) is 0.688. The molecule has 0 radical (unpaired) electrons. The van der Waals surface area contributed by atoms with E-state index in [1.165, 1.54) is 0 Å². The molecule has 2 rings (SSSR count). The Morgan fingerprint density at radius 3 is 3.00 bits per heavy atom. The number of carbonyl (C=O) groups is 1. The first-order chi connectivity index (χ1) is 6.36. The number of hydrogen-bond acceptors (Lipinski definition) is 2. The van der Waals surface area contributed by atoms with Crippen LogP contribution in [0.3, 0.4) is 0 Å². The van der Waals surface area contributed by atoms with Crippen LogP contribution in [0.1, 0.15) is 25.0 Å². The van der Waals surface area contributed by atoms with E-state index >= 15 is 0 Å². The van der Waals surface area contributed by atoms with E-state index in [2.05, 4.69) is 4.98 Å². The average molecular weight is 175 g/mol. The molecule has 0 bridgehead atoms. The smallest absolute Gasteiger partial charge is 0.136 e. The van der Waals surface area contributed by atoms with Gasteiger partial charge < -0.3 is 0 Å². The zero-order chi connectivity index (χ0) is 9.10. The second kappa shape index (κ2) is 3.69. The molecular formula is C11H13NO. The molecule has 0 aliphatic heterocycles. The molecule has 1 aromatic rings. The van der Waals surface area contributed by atoms with Gasteiger partial charge in [-0.2, -0.15) is 0 Å². The topological polar surface area (TPSA) is 30.0 Å². The number of hydrogen-bond donors (Lipinski definition) is 0. The number of ketones is 1. The highest BCUT2D eigenvalue weighted by Gasteiger charge is 2.24. The van der Waals surface area contributed by atoms with Crippen LogP contribution in [0, 0.1) is 5.92 Å². The fourth-order valence-corrected chi connectivity index (χ4v) is 1.88. The summed E-state index contributed by atoms with van der Waals surface area (Å²) in [5.41, 5.74) is 1.04. The molecular weight excluding hydrogens is 162 g/mol. The van der Waals surface area contributed by atoms with Gasteiger partial charge in [0.15, 0.2) is 0 Å². The molecule has 68 valence electrons. The Kier molecular flexibility index (Phi) is 2.39. The minimum atomic E-state index is 0.245. The fourth-order valence-electron chi connectivity index (χ4n) is 1.88. The predicted octanol–water partition coefficient (Wildman–Crippen LogP) is 1.99. The monoisotopic (exact) mass is 175 g/mol. The van der Waals surface area contributed by atoms with E-state index in [9.17, 15) is 4.79 Å². The third-order valence-corrected chi connectivity index (χ3v) is 2.61. The summed E-state index contributed by atoms with van der Waals surface area (Å²) in [5, 5.41) is 0. The first-order valence-corrected chi connectivity index (χ1v) is 4.79. The molecule has 0 saturated heterocycles. The van der Waals surface area contributed by atoms with Crippen LogP contribution in [0.2, 0.25) is 0 Å². The van der Waals surface area contributed by atoms with Crippen molar-refractivity contribution in [3.8, 4) is 0 Å². The number of aromatic nitrogens is 1. The van der Waals surface area contributed by atoms with Crippen molar-refractivity contribution in [3.63, 3.8) is 0 Å². The maximum atomic E-state index is 11.4. The highest BCUT2D eigenvalue weighted by molar-refractivity contribution is 5.83. The Labute approximate surface area is 78.0 Å². The molecule has 0 N–H and O–H groups in total. The van der Waals surface area contributed by atoms with E-state index in [0.29, 0.717) is 5.78 Å². The lowest BCUT2D eigenvalue weighted by molar-refractivity contribution is -0.120. The van der Waals surface area contributed by atoms with Crippen molar-refractivity contribution in [1.29, 1.82) is 0 Å². The van der Waals surface area contributed by atoms with Crippen LogP contribution in [-0.4, -0.2) is 10.8 Å². The minimum Gasteiger partial charge on any atom is -0.299 e. The lowest BCUT2D eigenvalue weighted by atomic mass is 10.0. The molecule has 1 aliphatic rings. The van der Waals surface area contributed by atoms with Gasteiger partial charge in [0, 0.05) is 24.2 Å². The van der Waals surface area contributed by atoms with Crippen molar-refractivity contribution in [1.82, 2.24) is 4.98 Å². The van der Waals surface area contributed by atoms with Crippen LogP contribution in [0.5, 0.6) is 0 Å². The average Bonchev–Trinajstić information content (AvgIpc) is 2.54. The summed E-state index contributed by atoms with van der Waals surface area (Å²) < 4.78 is 0. The summed E-state index contributed by atoms with van der Waals surface area (Å²) in [5.74, 6) is 0.667. The molecule has 2 nitrogen and oxygen atoms in total. The summed E-state index contributed by atoms with van der Waals surface area (Å²) in [7, 11) is 0. The summed E-state index contributed by atoms with van der Waals surface area (Å²) >= 11 is 0. The Balaban J connectivity index is 2.02. The normalized spacial score (nSPS) is 22.2. The third kappa shape index (κ3) is 1.94. The van der Waals surface area contributed by atoms with E-state index in [-0.39, 0.29) is 5.92 Å². The standard InChI is InChI=1S/C11H13NO/c13-11-6-3-4-9(11)8-10-5-1-2-7-12-10/h1-2,5,7,9H,3-4,6,8H2. The molecule has 0 aromatic carbocycles. The number of rotatable bonds is 2. The lowest BCUT2D eigenvalue weighted by Crippen LogP contribution is -2.10. The highest BCUT2D eigenvalue weighted by atomic mass is 16.1. The molecule has 2 heteroatoms. The van der Waals surface area contributed by atoms with E-state index < -0.39 is 0 Å². The van der Waals surface area contributed by atoms with Gasteiger partial charge in [-0.3, -0.25) is 9.78 Å². The van der Waals surface area contributed by atoms with Gasteiger partial charge in [-0.05, 0) is 31.4 Å². The van der Waals surface area contributed by atoms with Crippen LogP contribution in [-0.2, 0) is 11.2 Å². The SMILES string of the molecule is O=C1CCCC1Cc1ccccn1. The predicted molar refractivity (Wildman–Crippen MR) is 50.3 cm³/mol. The van der Waals surface area contributed by atoms with Gasteiger partial charge >= 0.3 is 0 Å². The van der Waals surface area contributed by atoms with E-state index in [4.69, 9.17) is 0 Å². The minimum absolute atomic E-state index is 0.245. The van der Waals surface area contributed by atoms with Gasteiger partial charge in [0.2, 0.25) is 0 Å². The molecule has 1 aliphatic carbocycles. The number of carbonyl (C=O) groups excluding carboxylic acids is 1. The Morgan fingerprint density at radius 2 is 2.38 bits per heavy atom. The van der Waals surface area contributed by atoms with Gasteiger partial charge in [-0.25, -0.2) is 0 Å². The first-order valence-electron chi connectivity index (χ1n) is 4.79. The molecule has 0 spiro atoms. The zero-order valence-corrected chi connectivity index (χ0v) is 7.57. The first kappa shape index (κ1) is 8.42. The van der Waals surface area contributed by atoms with Crippen molar-refractivity contribution in [2.45, 2.75) is 25.7 Å². The van der Waals surface area contributed by atoms with Crippen LogP contribution in [0.15, 0.2) is 24.4 Å². The van der Waals surface area contributed by atoms with Crippen LogP contribution >= 0.6 is 0 Å². The van der Waals surface area contributed by atoms with Crippen LogP contribution < -0.4 is 0 Å². The molecule has 1 heterocycles. The molecule has 13 heavy (non-hydrogen) atoms. The Morgan fingerprint density at radius 1 is 1.46 bits per heavy atom. The number of Topliss-reactive ketones (excluding diaryl/α,β-unsaturated/α-hetero) is 1. The Bertz CT molecular complexity index is 294. The molecule has 0 amide bonds. The lowest BCUT2D eigenvalue weighted by Gasteiger charge is -2.05. The number of nitrogens with zero attached hydrogens (tertiary/aromatic N) is 1. The van der Waals surface area contributed by atoms with Crippen molar-refractivity contribution in [3.05, 3.63) is 30.1 Å². The second-order valence-electron chi connectivity index (χ2n) is 3.58. The van der Waals surface area contributed by atoms with Crippen molar-refractivity contribution < 1.29 is 4.79 Å². The Hall–Kier alpha value is -1.18. The molecule has 1 saturated carbocycles. The van der Waals surface area contributed by atoms with E-state index in [1.807, 2.05) is 18.2 Å². The van der Waals surface area contributed by atoms with Gasteiger partial charge in [-0.15, -0.1) is 0 Å². The van der Waals surface area contributed by atoms with Gasteiger partial charge in [-0.1, -0.05) is 6.07 Å². The second-order valence-corrected chi connectivity index (χ2v) is 3.58. The van der Waals surface area contributed by atoms with Gasteiger partial charge in [0.05, 0.1) is 0 Å². The van der Waals surface area contributed by atoms with Crippen molar-refractivity contribution in [2.75, 3.05) is 0 Å². The third-order valence-electron chi connectivity index (χ3n) is 2.61. The van der Waals surface area contributed by atoms with Crippen LogP contribution in [0.25, 0.3) is 0 Å². The number of pyridine rings is 1. The molecule has 1 aromatic heterocycles. The summed E-state index contributed by atoms with van der Waals surface area (Å²) in [6.07, 6.45) is 5.51. The van der Waals surface area contributed by atoms with E-state index in [0.717, 1.165) is 31.4 Å². The van der Waals surface area contributed by atoms with E-state index in [1.54, 1.807) is 6.20 Å². The zero-order valence-electron chi connectivity index (χ0n) is 7.57. The summed E-state index contributed by atoms with van der Waals surface area (Å²) in [4.78, 5) is 15.6. The fraction of sp³-hybridized carbons (Fsp3) is 0.455. The molecule has 1 unspecified atom stereocenters. The molecule has 1 fully saturated rings. The maximum Gasteiger partial charge on any atom is 0.136 e. The van der Waals surface area contributed by atoms with Gasteiger partial charge in [0.25, 0.3) is 0 Å². The van der Waals surface area contributed by atoms with Crippen LogP contribution in [0.4, 0.5) is 0 Å².